The van der Waals surface area contributed by atoms with Crippen molar-refractivity contribution in [1.82, 2.24) is 20.2 Å². The van der Waals surface area contributed by atoms with Crippen LogP contribution in [0, 0.1) is 12.8 Å². The number of carboxylic acids is 1. The number of piperidine rings is 1. The van der Waals surface area contributed by atoms with Crippen LogP contribution in [0.5, 0.6) is 0 Å². The zero-order valence-corrected chi connectivity index (χ0v) is 12.2. The third-order valence-corrected chi connectivity index (χ3v) is 3.70. The third kappa shape index (κ3) is 3.68. The molecule has 0 aliphatic carbocycles. The number of hydrogen-bond donors (Lipinski definition) is 2. The summed E-state index contributed by atoms with van der Waals surface area (Å²) in [5, 5.41) is 12.0. The first kappa shape index (κ1) is 15.2. The largest absolute Gasteiger partial charge is 0.480 e. The number of nitrogens with zero attached hydrogens (tertiary/aromatic N) is 3. The topological polar surface area (TPSA) is 95.4 Å². The lowest BCUT2D eigenvalue weighted by molar-refractivity contribution is -0.145. The fourth-order valence-corrected chi connectivity index (χ4v) is 2.66. The lowest BCUT2D eigenvalue weighted by Crippen LogP contribution is -2.54. The first-order valence-electron chi connectivity index (χ1n) is 7.05. The summed E-state index contributed by atoms with van der Waals surface area (Å²) in [6.45, 7) is 4.37. The van der Waals surface area contributed by atoms with Crippen LogP contribution >= 0.6 is 0 Å². The molecule has 2 atom stereocenters. The van der Waals surface area contributed by atoms with Crippen molar-refractivity contribution < 1.29 is 14.7 Å². The van der Waals surface area contributed by atoms with Gasteiger partial charge in [-0.05, 0) is 31.7 Å². The molecule has 1 fully saturated rings. The number of likely N-dealkylation sites (tertiary alicyclic amines) is 1. The Bertz CT molecular complexity index is 535. The van der Waals surface area contributed by atoms with Gasteiger partial charge in [-0.15, -0.1) is 0 Å². The molecule has 2 N–H and O–H groups in total. The second-order valence-electron chi connectivity index (χ2n) is 5.35. The Morgan fingerprint density at radius 2 is 2.29 bits per heavy atom. The van der Waals surface area contributed by atoms with E-state index in [0.29, 0.717) is 18.1 Å². The molecular weight excluding hydrogens is 272 g/mol. The molecular formula is C14H20N4O3. The molecule has 1 aliphatic heterocycles. The fraction of sp³-hybridized carbons (Fsp3) is 0.571. The van der Waals surface area contributed by atoms with E-state index in [1.54, 1.807) is 19.2 Å². The number of carbonyl (C=O) groups is 2. The molecule has 0 aromatic carbocycles. The van der Waals surface area contributed by atoms with Crippen molar-refractivity contribution in [3.63, 3.8) is 0 Å². The fourth-order valence-electron chi connectivity index (χ4n) is 2.66. The van der Waals surface area contributed by atoms with E-state index >= 15 is 0 Å². The van der Waals surface area contributed by atoms with E-state index in [-0.39, 0.29) is 18.5 Å². The van der Waals surface area contributed by atoms with Crippen LogP contribution in [0.25, 0.3) is 0 Å². The van der Waals surface area contributed by atoms with Crippen molar-refractivity contribution in [2.45, 2.75) is 39.3 Å². The molecule has 2 rings (SSSR count). The second kappa shape index (κ2) is 6.51. The van der Waals surface area contributed by atoms with Gasteiger partial charge in [0, 0.05) is 12.7 Å². The quantitative estimate of drug-likeness (QED) is 0.872. The summed E-state index contributed by atoms with van der Waals surface area (Å²) in [6.07, 6.45) is 3.28. The molecule has 7 nitrogen and oxygen atoms in total. The molecule has 1 saturated heterocycles. The van der Waals surface area contributed by atoms with Gasteiger partial charge in [0.25, 0.3) is 0 Å². The van der Waals surface area contributed by atoms with Gasteiger partial charge < -0.3 is 15.3 Å². The van der Waals surface area contributed by atoms with Crippen molar-refractivity contribution in [3.05, 3.63) is 23.8 Å². The molecule has 21 heavy (non-hydrogen) atoms. The lowest BCUT2D eigenvalue weighted by atomic mass is 9.91. The SMILES string of the molecule is Cc1nccc(CNC(=O)N2CCCC(C)C2C(=O)O)n1. The molecule has 2 unspecified atom stereocenters. The first-order chi connectivity index (χ1) is 9.99. The van der Waals surface area contributed by atoms with Gasteiger partial charge in [0.1, 0.15) is 11.9 Å². The number of rotatable bonds is 3. The van der Waals surface area contributed by atoms with Gasteiger partial charge in [0.05, 0.1) is 12.2 Å². The normalized spacial score (nSPS) is 21.9. The summed E-state index contributed by atoms with van der Waals surface area (Å²) in [6, 6.07) is 0.608. The average molecular weight is 292 g/mol. The Hall–Kier alpha value is -2.18. The minimum atomic E-state index is -0.949. The number of aromatic nitrogens is 2. The van der Waals surface area contributed by atoms with E-state index in [1.165, 1.54) is 4.90 Å². The van der Waals surface area contributed by atoms with Crippen LogP contribution in [0.2, 0.25) is 0 Å². The Morgan fingerprint density at radius 1 is 1.52 bits per heavy atom. The molecule has 0 saturated carbocycles. The highest BCUT2D eigenvalue weighted by Crippen LogP contribution is 2.23. The van der Waals surface area contributed by atoms with E-state index in [0.717, 1.165) is 12.8 Å². The van der Waals surface area contributed by atoms with Crippen LogP contribution in [0.1, 0.15) is 31.3 Å². The summed E-state index contributed by atoms with van der Waals surface area (Å²) < 4.78 is 0. The summed E-state index contributed by atoms with van der Waals surface area (Å²) in [5.41, 5.74) is 0.702. The van der Waals surface area contributed by atoms with Crippen molar-refractivity contribution in [3.8, 4) is 0 Å². The number of amides is 2. The smallest absolute Gasteiger partial charge is 0.326 e. The summed E-state index contributed by atoms with van der Waals surface area (Å²) >= 11 is 0. The lowest BCUT2D eigenvalue weighted by Gasteiger charge is -2.37. The number of nitrogens with one attached hydrogen (secondary N) is 1. The van der Waals surface area contributed by atoms with Gasteiger partial charge in [-0.2, -0.15) is 0 Å². The Labute approximate surface area is 123 Å². The maximum atomic E-state index is 12.2. The number of aliphatic carboxylic acids is 1. The van der Waals surface area contributed by atoms with Crippen LogP contribution in [-0.4, -0.2) is 44.6 Å². The predicted octanol–water partition coefficient (Wildman–Crippen LogP) is 1.18. The van der Waals surface area contributed by atoms with E-state index in [2.05, 4.69) is 15.3 Å². The zero-order chi connectivity index (χ0) is 15.4. The molecule has 0 spiro atoms. The summed E-state index contributed by atoms with van der Waals surface area (Å²) in [5.74, 6) is -0.352. The molecule has 7 heteroatoms. The number of hydrogen-bond acceptors (Lipinski definition) is 4. The maximum Gasteiger partial charge on any atom is 0.326 e. The zero-order valence-electron chi connectivity index (χ0n) is 12.2. The Kier molecular flexibility index (Phi) is 4.72. The monoisotopic (exact) mass is 292 g/mol. The maximum absolute atomic E-state index is 12.2. The molecule has 0 bridgehead atoms. The number of carbonyl (C=O) groups excluding carboxylic acids is 1. The first-order valence-corrected chi connectivity index (χ1v) is 7.05. The van der Waals surface area contributed by atoms with Crippen LogP contribution in [0.15, 0.2) is 12.3 Å². The molecule has 114 valence electrons. The molecule has 1 aliphatic rings. The number of urea groups is 1. The van der Waals surface area contributed by atoms with Crippen LogP contribution in [-0.2, 0) is 11.3 Å². The van der Waals surface area contributed by atoms with Gasteiger partial charge in [-0.3, -0.25) is 0 Å². The summed E-state index contributed by atoms with van der Waals surface area (Å²) in [7, 11) is 0. The van der Waals surface area contributed by atoms with E-state index in [9.17, 15) is 14.7 Å². The van der Waals surface area contributed by atoms with Crippen LogP contribution in [0.4, 0.5) is 4.79 Å². The standard InChI is InChI=1S/C14H20N4O3/c1-9-4-3-7-18(12(9)13(19)20)14(21)16-8-11-5-6-15-10(2)17-11/h5-6,9,12H,3-4,7-8H2,1-2H3,(H,16,21)(H,19,20). The van der Waals surface area contributed by atoms with E-state index < -0.39 is 12.0 Å². The summed E-state index contributed by atoms with van der Waals surface area (Å²) in [4.78, 5) is 33.2. The van der Waals surface area contributed by atoms with Gasteiger partial charge in [0.15, 0.2) is 0 Å². The van der Waals surface area contributed by atoms with Gasteiger partial charge in [0.2, 0.25) is 0 Å². The highest BCUT2D eigenvalue weighted by atomic mass is 16.4. The molecule has 1 aromatic heterocycles. The number of carboxylic acid groups (broad SMARTS) is 1. The minimum Gasteiger partial charge on any atom is -0.480 e. The van der Waals surface area contributed by atoms with Crippen molar-refractivity contribution in [1.29, 1.82) is 0 Å². The van der Waals surface area contributed by atoms with Gasteiger partial charge in [-0.1, -0.05) is 6.92 Å². The average Bonchev–Trinajstić information content (AvgIpc) is 2.44. The van der Waals surface area contributed by atoms with Crippen LogP contribution in [0.3, 0.4) is 0 Å². The minimum absolute atomic E-state index is 0.0386. The van der Waals surface area contributed by atoms with E-state index in [4.69, 9.17) is 0 Å². The van der Waals surface area contributed by atoms with Crippen molar-refractivity contribution in [2.75, 3.05) is 6.54 Å². The number of aryl methyl sites for hydroxylation is 1. The van der Waals surface area contributed by atoms with Crippen LogP contribution < -0.4 is 5.32 Å². The highest BCUT2D eigenvalue weighted by Gasteiger charge is 2.36. The second-order valence-corrected chi connectivity index (χ2v) is 5.35. The highest BCUT2D eigenvalue weighted by molar-refractivity contribution is 5.83. The Morgan fingerprint density at radius 3 is 2.95 bits per heavy atom. The predicted molar refractivity (Wildman–Crippen MR) is 75.5 cm³/mol. The van der Waals surface area contributed by atoms with Gasteiger partial charge >= 0.3 is 12.0 Å². The molecule has 2 amide bonds. The van der Waals surface area contributed by atoms with Crippen molar-refractivity contribution in [2.24, 2.45) is 5.92 Å². The molecule has 2 heterocycles. The third-order valence-electron chi connectivity index (χ3n) is 3.70. The van der Waals surface area contributed by atoms with Gasteiger partial charge in [-0.25, -0.2) is 19.6 Å². The molecule has 1 aromatic rings. The molecule has 0 radical (unpaired) electrons. The van der Waals surface area contributed by atoms with Crippen molar-refractivity contribution >= 4 is 12.0 Å². The Balaban J connectivity index is 2.00. The van der Waals surface area contributed by atoms with E-state index in [1.807, 2.05) is 6.92 Å².